The van der Waals surface area contributed by atoms with Crippen LogP contribution in [0.25, 0.3) is 0 Å². The molecule has 1 aliphatic rings. The number of hydrogen-bond acceptors (Lipinski definition) is 4. The van der Waals surface area contributed by atoms with E-state index in [2.05, 4.69) is 17.1 Å². The maximum absolute atomic E-state index is 12.0. The zero-order valence-corrected chi connectivity index (χ0v) is 18.6. The molecule has 0 bridgehead atoms. The Hall–Kier alpha value is -1.17. The van der Waals surface area contributed by atoms with Gasteiger partial charge in [-0.15, -0.1) is 24.8 Å². The molecule has 2 rings (SSSR count). The summed E-state index contributed by atoms with van der Waals surface area (Å²) in [5, 5.41) is 2.80. The van der Waals surface area contributed by atoms with Crippen LogP contribution in [-0.2, 0) is 4.74 Å². The van der Waals surface area contributed by atoms with Crippen molar-refractivity contribution in [3.05, 3.63) is 24.3 Å². The first-order valence-electron chi connectivity index (χ1n) is 10.2. The van der Waals surface area contributed by atoms with Crippen LogP contribution in [0.15, 0.2) is 24.3 Å². The highest BCUT2D eigenvalue weighted by Crippen LogP contribution is 2.24. The molecule has 1 aromatic rings. The molecule has 1 saturated heterocycles. The van der Waals surface area contributed by atoms with Crippen molar-refractivity contribution in [2.24, 2.45) is 0 Å². The molecule has 1 aromatic carbocycles. The Morgan fingerprint density at radius 2 is 1.71 bits per heavy atom. The van der Waals surface area contributed by atoms with Crippen LogP contribution in [0.3, 0.4) is 0 Å². The molecule has 0 atom stereocenters. The number of amides is 1. The van der Waals surface area contributed by atoms with Crippen LogP contribution in [0.1, 0.15) is 58.3 Å². The first kappa shape index (κ1) is 26.8. The summed E-state index contributed by atoms with van der Waals surface area (Å²) < 4.78 is 11.2. The third-order valence-electron chi connectivity index (χ3n) is 4.72. The number of anilines is 1. The first-order valence-corrected chi connectivity index (χ1v) is 10.2. The molecule has 1 aliphatic heterocycles. The Bertz CT molecular complexity index is 526. The zero-order chi connectivity index (χ0) is 18.5. The second-order valence-corrected chi connectivity index (χ2v) is 6.92. The van der Waals surface area contributed by atoms with Gasteiger partial charge in [-0.1, -0.05) is 51.2 Å². The minimum absolute atomic E-state index is 0. The zero-order valence-electron chi connectivity index (χ0n) is 17.0. The topological polar surface area (TPSA) is 50.8 Å². The SMILES string of the molecule is CCCCCCCOc1ccccc1NC(=O)OCCN1CCCCC1.Cl.Cl. The van der Waals surface area contributed by atoms with Crippen molar-refractivity contribution in [3.63, 3.8) is 0 Å². The molecule has 1 fully saturated rings. The molecule has 0 spiro atoms. The van der Waals surface area contributed by atoms with E-state index in [-0.39, 0.29) is 24.8 Å². The third kappa shape index (κ3) is 11.0. The Kier molecular flexibility index (Phi) is 16.1. The number of carbonyl (C=O) groups is 1. The average molecular weight is 435 g/mol. The van der Waals surface area contributed by atoms with Gasteiger partial charge in [0.15, 0.2) is 0 Å². The molecule has 162 valence electrons. The van der Waals surface area contributed by atoms with Crippen molar-refractivity contribution in [2.75, 3.05) is 38.2 Å². The second-order valence-electron chi connectivity index (χ2n) is 6.92. The highest BCUT2D eigenvalue weighted by atomic mass is 35.5. The molecule has 1 amide bonds. The van der Waals surface area contributed by atoms with Gasteiger partial charge in [-0.3, -0.25) is 10.2 Å². The fraction of sp³-hybridized carbons (Fsp3) is 0.667. The molecule has 0 unspecified atom stereocenters. The van der Waals surface area contributed by atoms with Crippen molar-refractivity contribution >= 4 is 36.6 Å². The predicted octanol–water partition coefficient (Wildman–Crippen LogP) is 5.91. The Labute approximate surface area is 182 Å². The lowest BCUT2D eigenvalue weighted by Crippen LogP contribution is -2.33. The van der Waals surface area contributed by atoms with E-state index in [1.165, 1.54) is 44.9 Å². The number of likely N-dealkylation sites (tertiary alicyclic amines) is 1. The number of hydrogen-bond donors (Lipinski definition) is 1. The monoisotopic (exact) mass is 434 g/mol. The number of benzene rings is 1. The molecule has 28 heavy (non-hydrogen) atoms. The fourth-order valence-corrected chi connectivity index (χ4v) is 3.18. The van der Waals surface area contributed by atoms with Crippen molar-refractivity contribution in [1.29, 1.82) is 0 Å². The number of carbonyl (C=O) groups excluding carboxylic acids is 1. The van der Waals surface area contributed by atoms with Gasteiger partial charge in [0.1, 0.15) is 12.4 Å². The molecule has 1 heterocycles. The summed E-state index contributed by atoms with van der Waals surface area (Å²) in [6.45, 7) is 6.34. The van der Waals surface area contributed by atoms with E-state index in [1.54, 1.807) is 0 Å². The molecule has 0 aromatic heterocycles. The first-order chi connectivity index (χ1) is 12.8. The quantitative estimate of drug-likeness (QED) is 0.439. The largest absolute Gasteiger partial charge is 0.491 e. The Morgan fingerprint density at radius 3 is 2.46 bits per heavy atom. The van der Waals surface area contributed by atoms with E-state index in [0.29, 0.717) is 24.7 Å². The molecule has 5 nitrogen and oxygen atoms in total. The minimum Gasteiger partial charge on any atom is -0.491 e. The van der Waals surface area contributed by atoms with Gasteiger partial charge in [0.05, 0.1) is 12.3 Å². The Morgan fingerprint density at radius 1 is 1.00 bits per heavy atom. The van der Waals surface area contributed by atoms with Crippen LogP contribution >= 0.6 is 24.8 Å². The number of halogens is 2. The summed E-state index contributed by atoms with van der Waals surface area (Å²) in [5.41, 5.74) is 0.670. The number of para-hydroxylation sites is 2. The highest BCUT2D eigenvalue weighted by molar-refractivity contribution is 5.86. The van der Waals surface area contributed by atoms with Crippen LogP contribution in [0.5, 0.6) is 5.75 Å². The number of unbranched alkanes of at least 4 members (excludes halogenated alkanes) is 4. The summed E-state index contributed by atoms with van der Waals surface area (Å²) in [5.74, 6) is 0.705. The molecule has 7 heteroatoms. The van der Waals surface area contributed by atoms with Crippen LogP contribution < -0.4 is 10.1 Å². The lowest BCUT2D eigenvalue weighted by Gasteiger charge is -2.25. The number of nitrogens with zero attached hydrogens (tertiary/aromatic N) is 1. The maximum Gasteiger partial charge on any atom is 0.411 e. The van der Waals surface area contributed by atoms with Crippen molar-refractivity contribution in [3.8, 4) is 5.75 Å². The van der Waals surface area contributed by atoms with Gasteiger partial charge in [-0.2, -0.15) is 0 Å². The van der Waals surface area contributed by atoms with E-state index in [1.807, 2.05) is 24.3 Å². The van der Waals surface area contributed by atoms with E-state index in [9.17, 15) is 4.79 Å². The number of piperidine rings is 1. The number of rotatable bonds is 11. The van der Waals surface area contributed by atoms with Crippen molar-refractivity contribution in [2.45, 2.75) is 58.3 Å². The molecule has 1 N–H and O–H groups in total. The highest BCUT2D eigenvalue weighted by Gasteiger charge is 2.12. The van der Waals surface area contributed by atoms with Crippen molar-refractivity contribution < 1.29 is 14.3 Å². The van der Waals surface area contributed by atoms with Gasteiger partial charge in [-0.25, -0.2) is 4.79 Å². The van der Waals surface area contributed by atoms with Gasteiger partial charge in [-0.05, 0) is 44.5 Å². The Balaban J connectivity index is 0.00000364. The van der Waals surface area contributed by atoms with Crippen LogP contribution in [-0.4, -0.2) is 43.8 Å². The summed E-state index contributed by atoms with van der Waals surface area (Å²) in [4.78, 5) is 14.4. The van der Waals surface area contributed by atoms with Crippen molar-refractivity contribution in [1.82, 2.24) is 4.90 Å². The normalized spacial score (nSPS) is 13.8. The van der Waals surface area contributed by atoms with Gasteiger partial charge in [0, 0.05) is 6.54 Å². The third-order valence-corrected chi connectivity index (χ3v) is 4.72. The summed E-state index contributed by atoms with van der Waals surface area (Å²) in [7, 11) is 0. The average Bonchev–Trinajstić information content (AvgIpc) is 2.66. The van der Waals surface area contributed by atoms with Crippen LogP contribution in [0.4, 0.5) is 10.5 Å². The second kappa shape index (κ2) is 16.8. The van der Waals surface area contributed by atoms with Crippen LogP contribution in [0, 0.1) is 0 Å². The molecule has 0 saturated carbocycles. The van der Waals surface area contributed by atoms with E-state index < -0.39 is 6.09 Å². The summed E-state index contributed by atoms with van der Waals surface area (Å²) in [6.07, 6.45) is 9.38. The molecular weight excluding hydrogens is 399 g/mol. The number of ether oxygens (including phenoxy) is 2. The lowest BCUT2D eigenvalue weighted by molar-refractivity contribution is 0.131. The summed E-state index contributed by atoms with van der Waals surface area (Å²) in [6, 6.07) is 7.53. The summed E-state index contributed by atoms with van der Waals surface area (Å²) >= 11 is 0. The maximum atomic E-state index is 12.0. The molecular formula is C21H36Cl2N2O3. The van der Waals surface area contributed by atoms with Gasteiger partial charge >= 0.3 is 6.09 Å². The van der Waals surface area contributed by atoms with Gasteiger partial charge < -0.3 is 9.47 Å². The molecule has 0 aliphatic carbocycles. The number of nitrogens with one attached hydrogen (secondary N) is 1. The minimum atomic E-state index is -0.416. The van der Waals surface area contributed by atoms with Crippen LogP contribution in [0.2, 0.25) is 0 Å². The van der Waals surface area contributed by atoms with Gasteiger partial charge in [0.2, 0.25) is 0 Å². The van der Waals surface area contributed by atoms with E-state index in [0.717, 1.165) is 26.1 Å². The van der Waals surface area contributed by atoms with Gasteiger partial charge in [0.25, 0.3) is 0 Å². The fourth-order valence-electron chi connectivity index (χ4n) is 3.18. The standard InChI is InChI=1S/C21H34N2O3.2ClH/c1-2-3-4-5-11-17-25-20-13-8-7-12-19(20)22-21(24)26-18-16-23-14-9-6-10-15-23;;/h7-8,12-13H,2-6,9-11,14-18H2,1H3,(H,22,24);2*1H. The van der Waals surface area contributed by atoms with E-state index in [4.69, 9.17) is 9.47 Å². The lowest BCUT2D eigenvalue weighted by atomic mass is 10.1. The molecule has 0 radical (unpaired) electrons. The smallest absolute Gasteiger partial charge is 0.411 e. The van der Waals surface area contributed by atoms with E-state index >= 15 is 0 Å². The predicted molar refractivity (Wildman–Crippen MR) is 120 cm³/mol.